The summed E-state index contributed by atoms with van der Waals surface area (Å²) in [7, 11) is 0. The lowest BCUT2D eigenvalue weighted by Crippen LogP contribution is -2.29. The quantitative estimate of drug-likeness (QED) is 0.258. The molecule has 0 fully saturated rings. The Morgan fingerprint density at radius 2 is 2.12 bits per heavy atom. The largest absolute Gasteiger partial charge is 0.352 e. The van der Waals surface area contributed by atoms with E-state index in [1.807, 2.05) is 0 Å². The molecule has 0 saturated heterocycles. The average Bonchev–Trinajstić information content (AvgIpc) is 1.21. The molecule has 0 bridgehead atoms. The Labute approximate surface area is 53.2 Å². The highest BCUT2D eigenvalue weighted by Gasteiger charge is 2.24. The Hall–Kier alpha value is -0.200. The number of halogens is 1. The molecule has 0 aliphatic carbocycles. The van der Waals surface area contributed by atoms with Gasteiger partial charge in [0.15, 0.2) is 0 Å². The number of alkyl halides is 1. The highest BCUT2D eigenvalue weighted by molar-refractivity contribution is 9.09. The van der Waals surface area contributed by atoms with Crippen molar-refractivity contribution in [3.63, 3.8) is 0 Å². The molecule has 0 atom stereocenters. The zero-order chi connectivity index (χ0) is 6.78. The van der Waals surface area contributed by atoms with Crippen LogP contribution in [0.4, 0.5) is 0 Å². The van der Waals surface area contributed by atoms with Crippen LogP contribution in [0.3, 0.4) is 0 Å². The van der Waals surface area contributed by atoms with E-state index in [-0.39, 0.29) is 0 Å². The standard InChI is InChI=1S/C2H4BrNO4/c3-2(5,6)1-4(7)8/h5-6H,1H2. The minimum atomic E-state index is -2.36. The zero-order valence-electron chi connectivity index (χ0n) is 3.74. The first-order chi connectivity index (χ1) is 3.42. The molecule has 0 aliphatic heterocycles. The van der Waals surface area contributed by atoms with Crippen molar-refractivity contribution in [2.75, 3.05) is 6.54 Å². The second-order valence-corrected chi connectivity index (χ2v) is 2.48. The van der Waals surface area contributed by atoms with Gasteiger partial charge in [-0.05, 0) is 15.9 Å². The van der Waals surface area contributed by atoms with Crippen molar-refractivity contribution in [1.29, 1.82) is 0 Å². The van der Waals surface area contributed by atoms with Gasteiger partial charge >= 0.3 is 0 Å². The van der Waals surface area contributed by atoms with E-state index >= 15 is 0 Å². The normalized spacial score (nSPS) is 11.4. The predicted molar refractivity (Wildman–Crippen MR) is 28.0 cm³/mol. The fourth-order valence-electron chi connectivity index (χ4n) is 0.164. The van der Waals surface area contributed by atoms with E-state index in [0.717, 1.165) is 0 Å². The van der Waals surface area contributed by atoms with Gasteiger partial charge in [-0.15, -0.1) is 0 Å². The summed E-state index contributed by atoms with van der Waals surface area (Å²) in [6.07, 6.45) is 0. The molecule has 5 nitrogen and oxygen atoms in total. The molecule has 0 aromatic carbocycles. The molecule has 0 radical (unpaired) electrons. The first kappa shape index (κ1) is 7.80. The lowest BCUT2D eigenvalue weighted by Gasteiger charge is -2.05. The molecular formula is C2H4BrNO4. The van der Waals surface area contributed by atoms with Crippen LogP contribution in [0.15, 0.2) is 0 Å². The highest BCUT2D eigenvalue weighted by atomic mass is 79.9. The molecule has 0 rings (SSSR count). The molecule has 6 heteroatoms. The Kier molecular flexibility index (Phi) is 2.32. The molecule has 0 aromatic heterocycles. The second-order valence-electron chi connectivity index (χ2n) is 1.21. The number of hydrogen-bond acceptors (Lipinski definition) is 4. The van der Waals surface area contributed by atoms with Crippen LogP contribution >= 0.6 is 15.9 Å². The molecule has 0 amide bonds. The number of rotatable bonds is 2. The molecular weight excluding hydrogens is 182 g/mol. The lowest BCUT2D eigenvalue weighted by molar-refractivity contribution is -0.505. The van der Waals surface area contributed by atoms with E-state index in [2.05, 4.69) is 15.9 Å². The van der Waals surface area contributed by atoms with Crippen molar-refractivity contribution in [1.82, 2.24) is 0 Å². The van der Waals surface area contributed by atoms with E-state index in [0.29, 0.717) is 0 Å². The summed E-state index contributed by atoms with van der Waals surface area (Å²) in [6.45, 7) is -0.924. The van der Waals surface area contributed by atoms with Crippen molar-refractivity contribution < 1.29 is 15.1 Å². The Balaban J connectivity index is 3.55. The fraction of sp³-hybridized carbons (Fsp3) is 1.00. The highest BCUT2D eigenvalue weighted by Crippen LogP contribution is 2.07. The maximum absolute atomic E-state index is 9.47. The van der Waals surface area contributed by atoms with Crippen LogP contribution in [0.25, 0.3) is 0 Å². The van der Waals surface area contributed by atoms with Gasteiger partial charge < -0.3 is 10.2 Å². The van der Waals surface area contributed by atoms with Gasteiger partial charge in [-0.25, -0.2) is 0 Å². The van der Waals surface area contributed by atoms with E-state index < -0.39 is 16.2 Å². The molecule has 0 spiro atoms. The topological polar surface area (TPSA) is 83.6 Å². The van der Waals surface area contributed by atoms with Crippen LogP contribution in [0.5, 0.6) is 0 Å². The maximum atomic E-state index is 9.47. The Morgan fingerprint density at radius 3 is 2.12 bits per heavy atom. The van der Waals surface area contributed by atoms with Gasteiger partial charge in [0.1, 0.15) is 0 Å². The summed E-state index contributed by atoms with van der Waals surface area (Å²) in [5, 5.41) is 25.9. The van der Waals surface area contributed by atoms with E-state index in [9.17, 15) is 10.1 Å². The molecule has 2 N–H and O–H groups in total. The van der Waals surface area contributed by atoms with Crippen LogP contribution in [0.2, 0.25) is 0 Å². The summed E-state index contributed by atoms with van der Waals surface area (Å²) in [5.74, 6) is 0. The van der Waals surface area contributed by atoms with Crippen molar-refractivity contribution in [2.45, 2.75) is 4.70 Å². The molecule has 0 aromatic rings. The van der Waals surface area contributed by atoms with Gasteiger partial charge in [0.05, 0.1) is 0 Å². The Morgan fingerprint density at radius 1 is 1.75 bits per heavy atom. The third-order valence-corrected chi connectivity index (χ3v) is 0.581. The molecule has 0 aliphatic rings. The van der Waals surface area contributed by atoms with Gasteiger partial charge in [-0.2, -0.15) is 0 Å². The zero-order valence-corrected chi connectivity index (χ0v) is 5.33. The summed E-state index contributed by atoms with van der Waals surface area (Å²) >= 11 is 2.25. The number of nitro groups is 1. The SMILES string of the molecule is O=[N+]([O-])CC(O)(O)Br. The summed E-state index contributed by atoms with van der Waals surface area (Å²) in [5.41, 5.74) is 0. The fourth-order valence-corrected chi connectivity index (χ4v) is 0.369. The van der Waals surface area contributed by atoms with Crippen molar-refractivity contribution in [2.24, 2.45) is 0 Å². The summed E-state index contributed by atoms with van der Waals surface area (Å²) < 4.78 is -2.36. The molecule has 0 heterocycles. The monoisotopic (exact) mass is 185 g/mol. The minimum absolute atomic E-state index is 0.839. The van der Waals surface area contributed by atoms with Gasteiger partial charge in [0.2, 0.25) is 0 Å². The van der Waals surface area contributed by atoms with Crippen LogP contribution < -0.4 is 0 Å². The summed E-state index contributed by atoms with van der Waals surface area (Å²) in [4.78, 5) is 8.63. The average molecular weight is 186 g/mol. The van der Waals surface area contributed by atoms with E-state index in [4.69, 9.17) is 10.2 Å². The van der Waals surface area contributed by atoms with Crippen LogP contribution in [0.1, 0.15) is 0 Å². The van der Waals surface area contributed by atoms with Crippen molar-refractivity contribution >= 4 is 15.9 Å². The van der Waals surface area contributed by atoms with Crippen molar-refractivity contribution in [3.05, 3.63) is 10.1 Å². The minimum Gasteiger partial charge on any atom is -0.352 e. The third kappa shape index (κ3) is 5.80. The van der Waals surface area contributed by atoms with Crippen LogP contribution in [0, 0.1) is 10.1 Å². The second kappa shape index (κ2) is 2.38. The smallest absolute Gasteiger partial charge is 0.288 e. The molecule has 0 unspecified atom stereocenters. The third-order valence-electron chi connectivity index (χ3n) is 0.330. The lowest BCUT2D eigenvalue weighted by atomic mass is 10.7. The first-order valence-electron chi connectivity index (χ1n) is 1.67. The first-order valence-corrected chi connectivity index (χ1v) is 2.46. The van der Waals surface area contributed by atoms with Crippen molar-refractivity contribution in [3.8, 4) is 0 Å². The molecule has 8 heavy (non-hydrogen) atoms. The van der Waals surface area contributed by atoms with Gasteiger partial charge in [0.25, 0.3) is 11.2 Å². The van der Waals surface area contributed by atoms with Gasteiger partial charge in [-0.1, -0.05) is 0 Å². The predicted octanol–water partition coefficient (Wildman–Crippen LogP) is -0.704. The van der Waals surface area contributed by atoms with E-state index in [1.165, 1.54) is 0 Å². The molecule has 48 valence electrons. The van der Waals surface area contributed by atoms with Gasteiger partial charge in [0, 0.05) is 4.92 Å². The van der Waals surface area contributed by atoms with Crippen LogP contribution in [-0.2, 0) is 0 Å². The summed E-state index contributed by atoms with van der Waals surface area (Å²) in [6, 6.07) is 0. The molecule has 0 saturated carbocycles. The number of hydrogen-bond donors (Lipinski definition) is 2. The Bertz CT molecular complexity index is 96.7. The number of aliphatic hydroxyl groups is 2. The van der Waals surface area contributed by atoms with E-state index in [1.54, 1.807) is 0 Å². The van der Waals surface area contributed by atoms with Gasteiger partial charge in [-0.3, -0.25) is 10.1 Å². The number of nitrogens with zero attached hydrogens (tertiary/aromatic N) is 1. The van der Waals surface area contributed by atoms with Crippen LogP contribution in [-0.4, -0.2) is 26.4 Å². The maximum Gasteiger partial charge on any atom is 0.288 e.